The van der Waals surface area contributed by atoms with Crippen molar-refractivity contribution in [3.8, 4) is 6.01 Å². The molecule has 1 aromatic carbocycles. The maximum atomic E-state index is 14.0. The second-order valence-corrected chi connectivity index (χ2v) is 12.2. The Morgan fingerprint density at radius 3 is 2.55 bits per heavy atom. The van der Waals surface area contributed by atoms with Gasteiger partial charge in [0, 0.05) is 44.0 Å². The molecule has 3 fully saturated rings. The number of fused-ring (bicyclic) bond motifs is 1. The number of aromatic nitrogens is 2. The van der Waals surface area contributed by atoms with Crippen LogP contribution in [0.1, 0.15) is 48.9 Å². The van der Waals surface area contributed by atoms with Crippen molar-refractivity contribution in [2.24, 2.45) is 0 Å². The summed E-state index contributed by atoms with van der Waals surface area (Å²) in [4.78, 5) is 33.9. The molecule has 12 heteroatoms. The second-order valence-electron chi connectivity index (χ2n) is 12.2. The number of ether oxygens (including phenoxy) is 1. The number of para-hydroxylation sites is 1. The number of hydrogen-bond acceptors (Lipinski definition) is 7. The van der Waals surface area contributed by atoms with Crippen LogP contribution >= 0.6 is 0 Å². The van der Waals surface area contributed by atoms with Gasteiger partial charge in [0.2, 0.25) is 12.5 Å². The minimum atomic E-state index is -4.48. The first-order chi connectivity index (χ1) is 21.2. The summed E-state index contributed by atoms with van der Waals surface area (Å²) in [5, 5.41) is 0. The second kappa shape index (κ2) is 12.3. The van der Waals surface area contributed by atoms with Gasteiger partial charge < -0.3 is 24.3 Å². The highest BCUT2D eigenvalue weighted by Gasteiger charge is 2.41. The molecule has 1 amide bonds. The van der Waals surface area contributed by atoms with Crippen molar-refractivity contribution in [3.05, 3.63) is 65.2 Å². The fraction of sp³-hybridized carbons (Fsp3) is 0.562. The van der Waals surface area contributed by atoms with E-state index in [1.54, 1.807) is 15.9 Å². The lowest BCUT2D eigenvalue weighted by molar-refractivity contribution is -0.137. The van der Waals surface area contributed by atoms with Crippen molar-refractivity contribution < 1.29 is 22.7 Å². The molecule has 3 aliphatic heterocycles. The Bertz CT molecular complexity index is 1430. The topological polar surface area (TPSA) is 69.4 Å². The van der Waals surface area contributed by atoms with Crippen LogP contribution in [0.15, 0.2) is 36.9 Å². The Hall–Kier alpha value is -3.85. The van der Waals surface area contributed by atoms with Gasteiger partial charge in [-0.15, -0.1) is 0 Å². The largest absolute Gasteiger partial charge is 0.455 e. The highest BCUT2D eigenvalue weighted by Crippen LogP contribution is 2.40. The number of anilines is 2. The Morgan fingerprint density at radius 2 is 1.86 bits per heavy atom. The van der Waals surface area contributed by atoms with Crippen molar-refractivity contribution in [1.29, 1.82) is 0 Å². The van der Waals surface area contributed by atoms with E-state index in [4.69, 9.17) is 21.3 Å². The molecule has 1 atom stereocenters. The van der Waals surface area contributed by atoms with E-state index in [0.29, 0.717) is 44.1 Å². The van der Waals surface area contributed by atoms with Gasteiger partial charge >= 0.3 is 12.2 Å². The summed E-state index contributed by atoms with van der Waals surface area (Å²) in [5.74, 6) is 0.478. The van der Waals surface area contributed by atoms with Crippen LogP contribution in [0.4, 0.5) is 24.7 Å². The van der Waals surface area contributed by atoms with E-state index < -0.39 is 17.3 Å². The Labute approximate surface area is 256 Å². The number of carbonyl (C=O) groups is 1. The summed E-state index contributed by atoms with van der Waals surface area (Å²) in [6.45, 7) is 16.0. The number of benzene rings is 1. The van der Waals surface area contributed by atoms with Gasteiger partial charge in [-0.05, 0) is 69.8 Å². The van der Waals surface area contributed by atoms with Gasteiger partial charge in [-0.25, -0.2) is 6.57 Å². The third-order valence-corrected chi connectivity index (χ3v) is 9.40. The summed E-state index contributed by atoms with van der Waals surface area (Å²) in [7, 11) is 0. The summed E-state index contributed by atoms with van der Waals surface area (Å²) in [6.07, 6.45) is 2.36. The van der Waals surface area contributed by atoms with Crippen molar-refractivity contribution in [3.63, 3.8) is 0 Å². The highest BCUT2D eigenvalue weighted by molar-refractivity contribution is 5.87. The number of rotatable bonds is 8. The molecular formula is C32H38F3N7O2. The van der Waals surface area contributed by atoms with Crippen molar-refractivity contribution in [1.82, 2.24) is 19.8 Å². The third-order valence-electron chi connectivity index (χ3n) is 9.40. The zero-order valence-electron chi connectivity index (χ0n) is 24.9. The molecule has 0 radical (unpaired) electrons. The van der Waals surface area contributed by atoms with Gasteiger partial charge in [-0.2, -0.15) is 23.1 Å². The monoisotopic (exact) mass is 609 g/mol. The Kier molecular flexibility index (Phi) is 8.42. The third kappa shape index (κ3) is 6.07. The lowest BCUT2D eigenvalue weighted by Crippen LogP contribution is -2.56. The van der Waals surface area contributed by atoms with E-state index in [9.17, 15) is 18.0 Å². The molecule has 0 unspecified atom stereocenters. The molecule has 4 aliphatic rings. The average Bonchev–Trinajstić information content (AvgIpc) is 3.46. The van der Waals surface area contributed by atoms with Crippen molar-refractivity contribution >= 4 is 17.4 Å². The van der Waals surface area contributed by atoms with Gasteiger partial charge in [0.25, 0.3) is 0 Å². The molecule has 234 valence electrons. The normalized spacial score (nSPS) is 21.8. The maximum absolute atomic E-state index is 14.0. The van der Waals surface area contributed by atoms with Gasteiger partial charge in [-0.1, -0.05) is 18.7 Å². The molecule has 0 N–H and O–H groups in total. The predicted octanol–water partition coefficient (Wildman–Crippen LogP) is 4.58. The number of hydrogen-bond donors (Lipinski definition) is 0. The van der Waals surface area contributed by atoms with E-state index in [1.165, 1.54) is 24.6 Å². The molecule has 44 heavy (non-hydrogen) atoms. The van der Waals surface area contributed by atoms with E-state index in [1.807, 2.05) is 0 Å². The summed E-state index contributed by atoms with van der Waals surface area (Å²) in [6, 6.07) is 5.57. The fourth-order valence-corrected chi connectivity index (χ4v) is 7.06. The van der Waals surface area contributed by atoms with E-state index in [2.05, 4.69) is 21.2 Å². The van der Waals surface area contributed by atoms with E-state index in [-0.39, 0.29) is 36.7 Å². The zero-order chi connectivity index (χ0) is 30.9. The summed E-state index contributed by atoms with van der Waals surface area (Å²) in [5.41, 5.74) is 0.596. The van der Waals surface area contributed by atoms with E-state index in [0.717, 1.165) is 56.9 Å². The quantitative estimate of drug-likeness (QED) is 0.321. The first-order valence-electron chi connectivity index (χ1n) is 15.4. The maximum Gasteiger partial charge on any atom is 0.418 e. The Morgan fingerprint density at radius 1 is 1.09 bits per heavy atom. The molecule has 1 aliphatic carbocycles. The van der Waals surface area contributed by atoms with Gasteiger partial charge in [0.05, 0.1) is 17.8 Å². The smallest absolute Gasteiger partial charge is 0.418 e. The first-order valence-corrected chi connectivity index (χ1v) is 15.4. The van der Waals surface area contributed by atoms with E-state index >= 15 is 0 Å². The SMILES string of the molecule is [C-]#[N+]C[C@H]1CN(c2nc(OC3(CN4CCC4)CCCC3)nc3c2CCN(c2ccccc2C(F)(F)F)C3)CCN1C(=O)C=C. The van der Waals surface area contributed by atoms with Gasteiger partial charge in [0.15, 0.2) is 0 Å². The van der Waals surface area contributed by atoms with Crippen LogP contribution in [-0.2, 0) is 23.9 Å². The average molecular weight is 610 g/mol. The number of alkyl halides is 3. The summed E-state index contributed by atoms with van der Waals surface area (Å²) < 4.78 is 48.6. The minimum absolute atomic E-state index is 0.131. The zero-order valence-corrected chi connectivity index (χ0v) is 24.9. The number of piperazine rings is 1. The number of carbonyl (C=O) groups excluding carboxylic acids is 1. The molecule has 4 heterocycles. The molecule has 2 aromatic rings. The van der Waals surface area contributed by atoms with Crippen molar-refractivity contribution in [2.45, 2.75) is 62.9 Å². The minimum Gasteiger partial charge on any atom is -0.455 e. The number of amides is 1. The van der Waals surface area contributed by atoms with Crippen LogP contribution in [0, 0.1) is 6.57 Å². The Balaban J connectivity index is 1.36. The molecule has 2 saturated heterocycles. The van der Waals surface area contributed by atoms with Gasteiger partial charge in [0.1, 0.15) is 17.5 Å². The molecule has 1 saturated carbocycles. The van der Waals surface area contributed by atoms with Crippen LogP contribution < -0.4 is 14.5 Å². The standard InChI is InChI=1S/C32H38F3N7O2/c1-3-28(43)42-18-17-41(20-23(42)19-36-2)29-24-11-16-40(27-10-5-4-9-25(27)32(33,34)35)21-26(24)37-30(38-29)44-31(12-6-7-13-31)22-39-14-8-15-39/h3-5,9-10,23H,1,6-8,11-22H2/t23-/m0/s1. The van der Waals surface area contributed by atoms with Gasteiger partial charge in [-0.3, -0.25) is 9.69 Å². The number of nitrogens with zero attached hydrogens (tertiary/aromatic N) is 7. The molecule has 0 bridgehead atoms. The number of halogens is 3. The van der Waals surface area contributed by atoms with Crippen LogP contribution in [0.3, 0.4) is 0 Å². The van der Waals surface area contributed by atoms with Crippen LogP contribution in [0.25, 0.3) is 4.85 Å². The number of likely N-dealkylation sites (tertiary alicyclic amines) is 1. The molecule has 9 nitrogen and oxygen atoms in total. The highest BCUT2D eigenvalue weighted by atomic mass is 19.4. The van der Waals surface area contributed by atoms with Crippen LogP contribution in [0.2, 0.25) is 0 Å². The first kappa shape index (κ1) is 30.2. The lowest BCUT2D eigenvalue weighted by Gasteiger charge is -2.42. The molecule has 6 rings (SSSR count). The molecule has 0 spiro atoms. The van der Waals surface area contributed by atoms with Crippen LogP contribution in [0.5, 0.6) is 6.01 Å². The molecular weight excluding hydrogens is 571 g/mol. The van der Waals surface area contributed by atoms with Crippen molar-refractivity contribution in [2.75, 3.05) is 62.2 Å². The molecule has 1 aromatic heterocycles. The summed E-state index contributed by atoms with van der Waals surface area (Å²) >= 11 is 0. The predicted molar refractivity (Wildman–Crippen MR) is 160 cm³/mol. The lowest BCUT2D eigenvalue weighted by atomic mass is 9.99. The fourth-order valence-electron chi connectivity index (χ4n) is 7.06. The van der Waals surface area contributed by atoms with Crippen LogP contribution in [-0.4, -0.2) is 89.7 Å².